The fourth-order valence-corrected chi connectivity index (χ4v) is 4.14. The Morgan fingerprint density at radius 2 is 2.00 bits per heavy atom. The molecule has 110 valence electrons. The minimum absolute atomic E-state index is 0.161. The maximum atomic E-state index is 11.7. The number of hydrogen-bond donors (Lipinski definition) is 0. The minimum Gasteiger partial charge on any atom is -0.456 e. The molecule has 2 bridgehead atoms. The summed E-state index contributed by atoms with van der Waals surface area (Å²) in [5, 5.41) is 0. The van der Waals surface area contributed by atoms with Crippen LogP contribution in [0.1, 0.15) is 33.6 Å². The maximum Gasteiger partial charge on any atom is 0.333 e. The van der Waals surface area contributed by atoms with Crippen LogP contribution in [0.4, 0.5) is 0 Å². The third-order valence-electron chi connectivity index (χ3n) is 4.84. The van der Waals surface area contributed by atoms with Gasteiger partial charge in [0.2, 0.25) is 5.79 Å². The first-order chi connectivity index (χ1) is 9.32. The Morgan fingerprint density at radius 1 is 1.30 bits per heavy atom. The Hall–Kier alpha value is -1.36. The van der Waals surface area contributed by atoms with Crippen LogP contribution in [0.15, 0.2) is 12.2 Å². The van der Waals surface area contributed by atoms with E-state index in [1.54, 1.807) is 6.92 Å². The van der Waals surface area contributed by atoms with Crippen LogP contribution in [0.5, 0.6) is 0 Å². The number of rotatable bonds is 3. The van der Waals surface area contributed by atoms with Crippen molar-refractivity contribution in [1.29, 1.82) is 0 Å². The van der Waals surface area contributed by atoms with E-state index >= 15 is 0 Å². The van der Waals surface area contributed by atoms with Crippen LogP contribution in [0.2, 0.25) is 0 Å². The first-order valence-corrected chi connectivity index (χ1v) is 7.05. The molecular formula is C15H20O5. The monoisotopic (exact) mass is 280 g/mol. The van der Waals surface area contributed by atoms with Crippen LogP contribution in [0.3, 0.4) is 0 Å². The predicted molar refractivity (Wildman–Crippen MR) is 69.4 cm³/mol. The fraction of sp³-hybridized carbons (Fsp3) is 0.733. The average molecular weight is 280 g/mol. The van der Waals surface area contributed by atoms with Gasteiger partial charge in [-0.1, -0.05) is 6.58 Å². The molecule has 0 aromatic carbocycles. The molecule has 1 saturated heterocycles. The van der Waals surface area contributed by atoms with Crippen molar-refractivity contribution in [2.75, 3.05) is 0 Å². The number of hydrogen-bond acceptors (Lipinski definition) is 5. The molecule has 6 atom stereocenters. The number of ether oxygens (including phenoxy) is 3. The first kappa shape index (κ1) is 13.6. The Morgan fingerprint density at radius 3 is 2.60 bits per heavy atom. The maximum absolute atomic E-state index is 11.7. The topological polar surface area (TPSA) is 61.8 Å². The van der Waals surface area contributed by atoms with Gasteiger partial charge in [0, 0.05) is 25.3 Å². The largest absolute Gasteiger partial charge is 0.456 e. The molecule has 20 heavy (non-hydrogen) atoms. The third-order valence-corrected chi connectivity index (χ3v) is 4.84. The molecule has 3 aliphatic rings. The lowest BCUT2D eigenvalue weighted by molar-refractivity contribution is -0.230. The van der Waals surface area contributed by atoms with Crippen LogP contribution in [-0.2, 0) is 23.8 Å². The van der Waals surface area contributed by atoms with E-state index in [4.69, 9.17) is 14.2 Å². The van der Waals surface area contributed by atoms with Crippen LogP contribution in [0.25, 0.3) is 0 Å². The molecule has 0 spiro atoms. The molecule has 1 aliphatic heterocycles. The smallest absolute Gasteiger partial charge is 0.333 e. The summed E-state index contributed by atoms with van der Waals surface area (Å²) in [6.45, 7) is 8.45. The Labute approximate surface area is 118 Å². The molecule has 3 rings (SSSR count). The summed E-state index contributed by atoms with van der Waals surface area (Å²) in [5.41, 5.74) is 0.394. The molecule has 5 nitrogen and oxygen atoms in total. The summed E-state index contributed by atoms with van der Waals surface area (Å²) in [4.78, 5) is 23.0. The van der Waals surface area contributed by atoms with Gasteiger partial charge in [-0.2, -0.15) is 0 Å². The van der Waals surface area contributed by atoms with Gasteiger partial charge in [-0.25, -0.2) is 4.79 Å². The van der Waals surface area contributed by atoms with Gasteiger partial charge in [0.15, 0.2) is 0 Å². The molecule has 0 radical (unpaired) electrons. The highest BCUT2D eigenvalue weighted by atomic mass is 16.7. The number of carbonyl (C=O) groups is 2. The van der Waals surface area contributed by atoms with Crippen molar-refractivity contribution in [3.8, 4) is 0 Å². The molecule has 3 fully saturated rings. The molecule has 0 N–H and O–H groups in total. The van der Waals surface area contributed by atoms with E-state index in [-0.39, 0.29) is 30.1 Å². The van der Waals surface area contributed by atoms with Gasteiger partial charge in [0.25, 0.3) is 0 Å². The molecule has 0 aromatic rings. The number of esters is 2. The van der Waals surface area contributed by atoms with Crippen LogP contribution < -0.4 is 0 Å². The van der Waals surface area contributed by atoms with Crippen molar-refractivity contribution in [1.82, 2.24) is 0 Å². The van der Waals surface area contributed by atoms with Crippen LogP contribution in [-0.4, -0.2) is 29.9 Å². The van der Waals surface area contributed by atoms with Gasteiger partial charge >= 0.3 is 11.9 Å². The van der Waals surface area contributed by atoms with E-state index in [1.807, 2.05) is 6.92 Å². The molecule has 2 aliphatic carbocycles. The Kier molecular flexibility index (Phi) is 2.94. The third kappa shape index (κ3) is 1.87. The van der Waals surface area contributed by atoms with Gasteiger partial charge in [0.05, 0.1) is 0 Å². The van der Waals surface area contributed by atoms with Crippen molar-refractivity contribution < 1.29 is 23.8 Å². The van der Waals surface area contributed by atoms with Crippen molar-refractivity contribution in [2.45, 2.75) is 51.6 Å². The zero-order chi connectivity index (χ0) is 14.7. The molecule has 0 amide bonds. The van der Waals surface area contributed by atoms with Gasteiger partial charge in [-0.3, -0.25) is 4.79 Å². The summed E-state index contributed by atoms with van der Waals surface area (Å²) >= 11 is 0. The van der Waals surface area contributed by atoms with E-state index < -0.39 is 5.79 Å². The zero-order valence-electron chi connectivity index (χ0n) is 12.0. The summed E-state index contributed by atoms with van der Waals surface area (Å²) in [6.07, 6.45) is 1.45. The summed E-state index contributed by atoms with van der Waals surface area (Å²) in [7, 11) is 0. The second-order valence-corrected chi connectivity index (χ2v) is 6.34. The highest BCUT2D eigenvalue weighted by Gasteiger charge is 2.67. The van der Waals surface area contributed by atoms with E-state index in [0.29, 0.717) is 17.4 Å². The van der Waals surface area contributed by atoms with Crippen LogP contribution in [0, 0.1) is 17.8 Å². The quantitative estimate of drug-likeness (QED) is 0.583. The SMILES string of the molecule is C=C(C)C(=O)OC1C2CC3C1OC(C)(OC(C)=O)C3C2. The summed E-state index contributed by atoms with van der Waals surface area (Å²) in [6, 6.07) is 0. The van der Waals surface area contributed by atoms with Gasteiger partial charge in [-0.15, -0.1) is 0 Å². The molecule has 2 saturated carbocycles. The normalized spacial score (nSPS) is 44.5. The lowest BCUT2D eigenvalue weighted by Crippen LogP contribution is -2.36. The number of carbonyl (C=O) groups excluding carboxylic acids is 2. The highest BCUT2D eigenvalue weighted by molar-refractivity contribution is 5.87. The lowest BCUT2D eigenvalue weighted by Gasteiger charge is -2.28. The van der Waals surface area contributed by atoms with Gasteiger partial charge in [0.1, 0.15) is 12.2 Å². The summed E-state index contributed by atoms with van der Waals surface area (Å²) < 4.78 is 16.9. The van der Waals surface area contributed by atoms with Gasteiger partial charge < -0.3 is 14.2 Å². The zero-order valence-corrected chi connectivity index (χ0v) is 12.0. The number of fused-ring (bicyclic) bond motifs is 1. The Balaban J connectivity index is 1.77. The van der Waals surface area contributed by atoms with Crippen molar-refractivity contribution >= 4 is 11.9 Å². The molecular weight excluding hydrogens is 260 g/mol. The molecule has 0 aromatic heterocycles. The fourth-order valence-electron chi connectivity index (χ4n) is 4.14. The predicted octanol–water partition coefficient (Wildman–Crippen LogP) is 1.81. The lowest BCUT2D eigenvalue weighted by atomic mass is 9.84. The van der Waals surface area contributed by atoms with E-state index in [1.165, 1.54) is 6.92 Å². The van der Waals surface area contributed by atoms with Crippen molar-refractivity contribution in [3.05, 3.63) is 12.2 Å². The second-order valence-electron chi connectivity index (χ2n) is 6.34. The first-order valence-electron chi connectivity index (χ1n) is 7.05. The minimum atomic E-state index is -0.875. The molecule has 5 heteroatoms. The average Bonchev–Trinajstić information content (AvgIpc) is 2.92. The molecule has 1 heterocycles. The van der Waals surface area contributed by atoms with Crippen molar-refractivity contribution in [3.63, 3.8) is 0 Å². The summed E-state index contributed by atoms with van der Waals surface area (Å²) in [5.74, 6) is -0.763. The second kappa shape index (κ2) is 4.32. The Bertz CT molecular complexity index is 485. The van der Waals surface area contributed by atoms with Crippen LogP contribution >= 0.6 is 0 Å². The van der Waals surface area contributed by atoms with Gasteiger partial charge in [-0.05, 0) is 31.6 Å². The van der Waals surface area contributed by atoms with Crippen molar-refractivity contribution in [2.24, 2.45) is 17.8 Å². The molecule has 6 unspecified atom stereocenters. The van der Waals surface area contributed by atoms with E-state index in [2.05, 4.69) is 6.58 Å². The standard InChI is InChI=1S/C15H20O5/c1-7(2)14(17)18-12-9-5-10-11(6-9)15(4,19-8(3)16)20-13(10)12/h9-13H,1,5-6H2,2-4H3. The van der Waals surface area contributed by atoms with E-state index in [9.17, 15) is 9.59 Å². The van der Waals surface area contributed by atoms with E-state index in [0.717, 1.165) is 12.8 Å². The highest BCUT2D eigenvalue weighted by Crippen LogP contribution is 2.61.